The molecule has 0 aliphatic carbocycles. The number of aliphatic hydroxyl groups excluding tert-OH is 1. The molecular weight excluding hydrogens is 272 g/mol. The molecule has 0 atom stereocenters. The summed E-state index contributed by atoms with van der Waals surface area (Å²) in [5.41, 5.74) is 0.358. The highest BCUT2D eigenvalue weighted by Gasteiger charge is 2.24. The molecule has 0 amide bonds. The molecular formula is C11H20N2O3S2. The van der Waals surface area contributed by atoms with E-state index in [1.807, 2.05) is 32.8 Å². The maximum atomic E-state index is 12.0. The summed E-state index contributed by atoms with van der Waals surface area (Å²) in [6.07, 6.45) is 0. The van der Waals surface area contributed by atoms with Crippen molar-refractivity contribution in [3.05, 3.63) is 17.0 Å². The quantitative estimate of drug-likeness (QED) is 0.816. The zero-order chi connectivity index (χ0) is 14.0. The van der Waals surface area contributed by atoms with Crippen LogP contribution in [-0.4, -0.2) is 44.6 Å². The van der Waals surface area contributed by atoms with E-state index >= 15 is 0 Å². The van der Waals surface area contributed by atoms with Gasteiger partial charge >= 0.3 is 0 Å². The van der Waals surface area contributed by atoms with Gasteiger partial charge in [-0.05, 0) is 45.0 Å². The van der Waals surface area contributed by atoms with Crippen molar-refractivity contribution in [2.45, 2.75) is 30.2 Å². The van der Waals surface area contributed by atoms with Crippen LogP contribution in [0.25, 0.3) is 0 Å². The van der Waals surface area contributed by atoms with Gasteiger partial charge in [0.25, 0.3) is 0 Å². The number of sulfonamides is 1. The van der Waals surface area contributed by atoms with E-state index in [-0.39, 0.29) is 16.4 Å². The Morgan fingerprint density at radius 2 is 2.06 bits per heavy atom. The predicted octanol–water partition coefficient (Wildman–Crippen LogP) is 0.859. The van der Waals surface area contributed by atoms with Crippen molar-refractivity contribution >= 4 is 21.4 Å². The molecule has 1 heterocycles. The Bertz CT molecular complexity index is 492. The Morgan fingerprint density at radius 3 is 2.50 bits per heavy atom. The van der Waals surface area contributed by atoms with Gasteiger partial charge in [-0.1, -0.05) is 0 Å². The molecule has 5 nitrogen and oxygen atoms in total. The highest BCUT2D eigenvalue weighted by atomic mass is 32.2. The van der Waals surface area contributed by atoms with Gasteiger partial charge in [0.2, 0.25) is 10.0 Å². The lowest BCUT2D eigenvalue weighted by molar-refractivity contribution is 0.199. The molecule has 0 aliphatic rings. The van der Waals surface area contributed by atoms with Gasteiger partial charge in [-0.15, -0.1) is 11.3 Å². The van der Waals surface area contributed by atoms with E-state index in [1.165, 1.54) is 6.07 Å². The average molecular weight is 292 g/mol. The smallest absolute Gasteiger partial charge is 0.250 e. The zero-order valence-electron chi connectivity index (χ0n) is 11.1. The second-order valence-electron chi connectivity index (χ2n) is 4.96. The molecule has 0 fully saturated rings. The van der Waals surface area contributed by atoms with Crippen LogP contribution in [-0.2, 0) is 16.6 Å². The molecule has 0 radical (unpaired) electrons. The number of nitrogens with one attached hydrogen (secondary N) is 1. The Morgan fingerprint density at radius 1 is 1.44 bits per heavy atom. The third-order valence-corrected chi connectivity index (χ3v) is 5.87. The van der Waals surface area contributed by atoms with Crippen molar-refractivity contribution in [2.75, 3.05) is 20.6 Å². The zero-order valence-corrected chi connectivity index (χ0v) is 12.7. The van der Waals surface area contributed by atoms with Crippen LogP contribution < -0.4 is 4.72 Å². The third kappa shape index (κ3) is 3.76. The van der Waals surface area contributed by atoms with Crippen LogP contribution in [0.3, 0.4) is 0 Å². The lowest BCUT2D eigenvalue weighted by Crippen LogP contribution is -2.48. The minimum absolute atomic E-state index is 0.144. The number of thiophene rings is 1. The summed E-state index contributed by atoms with van der Waals surface area (Å²) in [6, 6.07) is 1.50. The van der Waals surface area contributed by atoms with Gasteiger partial charge in [-0.2, -0.15) is 0 Å². The highest BCUT2D eigenvalue weighted by Crippen LogP contribution is 2.20. The highest BCUT2D eigenvalue weighted by molar-refractivity contribution is 7.91. The molecule has 1 aromatic heterocycles. The van der Waals surface area contributed by atoms with Crippen molar-refractivity contribution < 1.29 is 13.5 Å². The molecule has 1 aromatic rings. The molecule has 0 saturated carbocycles. The number of nitrogens with zero attached hydrogens (tertiary/aromatic N) is 1. The van der Waals surface area contributed by atoms with E-state index in [4.69, 9.17) is 5.11 Å². The van der Waals surface area contributed by atoms with Crippen molar-refractivity contribution in [3.63, 3.8) is 0 Å². The summed E-state index contributed by atoms with van der Waals surface area (Å²) in [4.78, 5) is 1.96. The molecule has 18 heavy (non-hydrogen) atoms. The maximum absolute atomic E-state index is 12.0. The Labute approximate surface area is 112 Å². The Balaban J connectivity index is 2.77. The van der Waals surface area contributed by atoms with Crippen molar-refractivity contribution in [2.24, 2.45) is 0 Å². The topological polar surface area (TPSA) is 69.6 Å². The lowest BCUT2D eigenvalue weighted by Gasteiger charge is -2.32. The molecule has 104 valence electrons. The van der Waals surface area contributed by atoms with Gasteiger partial charge in [-0.3, -0.25) is 0 Å². The number of hydrogen-bond acceptors (Lipinski definition) is 5. The molecule has 1 rings (SSSR count). The minimum Gasteiger partial charge on any atom is -0.392 e. The van der Waals surface area contributed by atoms with Crippen LogP contribution in [0.1, 0.15) is 19.4 Å². The monoisotopic (exact) mass is 292 g/mol. The summed E-state index contributed by atoms with van der Waals surface area (Å²) >= 11 is 1.12. The van der Waals surface area contributed by atoms with Crippen molar-refractivity contribution in [1.82, 2.24) is 9.62 Å². The number of hydrogen-bond donors (Lipinski definition) is 2. The van der Waals surface area contributed by atoms with Crippen LogP contribution in [0.5, 0.6) is 0 Å². The molecule has 0 saturated heterocycles. The van der Waals surface area contributed by atoms with Crippen molar-refractivity contribution in [3.8, 4) is 0 Å². The molecule has 0 bridgehead atoms. The fraction of sp³-hybridized carbons (Fsp3) is 0.636. The van der Waals surface area contributed by atoms with Crippen LogP contribution in [0.4, 0.5) is 0 Å². The Kier molecular flexibility index (Phi) is 4.90. The molecule has 7 heteroatoms. The molecule has 0 aliphatic heterocycles. The molecule has 0 aromatic carbocycles. The molecule has 0 spiro atoms. The van der Waals surface area contributed by atoms with E-state index < -0.39 is 10.0 Å². The van der Waals surface area contributed by atoms with E-state index in [1.54, 1.807) is 5.38 Å². The number of rotatable bonds is 6. The average Bonchev–Trinajstić information content (AvgIpc) is 2.75. The van der Waals surface area contributed by atoms with Crippen LogP contribution >= 0.6 is 11.3 Å². The summed E-state index contributed by atoms with van der Waals surface area (Å²) in [5.74, 6) is 0. The minimum atomic E-state index is -3.49. The summed E-state index contributed by atoms with van der Waals surface area (Å²) in [7, 11) is 0.327. The van der Waals surface area contributed by atoms with Gasteiger partial charge in [0, 0.05) is 12.1 Å². The summed E-state index contributed by atoms with van der Waals surface area (Å²) < 4.78 is 26.9. The number of aliphatic hydroxyl groups is 1. The summed E-state index contributed by atoms with van der Waals surface area (Å²) in [5, 5.41) is 10.6. The van der Waals surface area contributed by atoms with Crippen LogP contribution in [0.15, 0.2) is 15.7 Å². The first-order valence-corrected chi connectivity index (χ1v) is 7.91. The second-order valence-corrected chi connectivity index (χ2v) is 7.87. The van der Waals surface area contributed by atoms with Gasteiger partial charge in [0.15, 0.2) is 0 Å². The molecule has 2 N–H and O–H groups in total. The Hall–Kier alpha value is -0.470. The van der Waals surface area contributed by atoms with Crippen LogP contribution in [0, 0.1) is 0 Å². The predicted molar refractivity (Wildman–Crippen MR) is 73.2 cm³/mol. The first-order chi connectivity index (χ1) is 8.19. The van der Waals surface area contributed by atoms with Gasteiger partial charge < -0.3 is 10.0 Å². The van der Waals surface area contributed by atoms with Crippen molar-refractivity contribution in [1.29, 1.82) is 0 Å². The first kappa shape index (κ1) is 15.6. The van der Waals surface area contributed by atoms with Gasteiger partial charge in [0.1, 0.15) is 4.21 Å². The fourth-order valence-electron chi connectivity index (χ4n) is 1.08. The first-order valence-electron chi connectivity index (χ1n) is 5.54. The standard InChI is InChI=1S/C11H20N2O3S2/c1-11(2,13(3)4)8-12-18(15,16)10-5-9(6-14)7-17-10/h5,7,12,14H,6,8H2,1-4H3. The largest absolute Gasteiger partial charge is 0.392 e. The SMILES string of the molecule is CN(C)C(C)(C)CNS(=O)(=O)c1cc(CO)cs1. The van der Waals surface area contributed by atoms with E-state index in [2.05, 4.69) is 4.72 Å². The van der Waals surface area contributed by atoms with E-state index in [9.17, 15) is 8.42 Å². The lowest BCUT2D eigenvalue weighted by atomic mass is 10.1. The van der Waals surface area contributed by atoms with E-state index in [0.717, 1.165) is 11.3 Å². The normalized spacial score (nSPS) is 13.2. The van der Waals surface area contributed by atoms with E-state index in [0.29, 0.717) is 12.1 Å². The fourth-order valence-corrected chi connectivity index (χ4v) is 3.53. The van der Waals surface area contributed by atoms with Gasteiger partial charge in [-0.25, -0.2) is 13.1 Å². The second kappa shape index (κ2) is 5.66. The van der Waals surface area contributed by atoms with Gasteiger partial charge in [0.05, 0.1) is 6.61 Å². The maximum Gasteiger partial charge on any atom is 0.250 e. The van der Waals surface area contributed by atoms with Crippen LogP contribution in [0.2, 0.25) is 0 Å². The molecule has 0 unspecified atom stereocenters. The third-order valence-electron chi connectivity index (χ3n) is 2.98. The summed E-state index contributed by atoms with van der Waals surface area (Å²) in [6.45, 7) is 4.11. The number of likely N-dealkylation sites (N-methyl/N-ethyl adjacent to an activating group) is 1.